The van der Waals surface area contributed by atoms with E-state index in [9.17, 15) is 18.0 Å². The number of ether oxygens (including phenoxy) is 1. The number of imidazole rings is 1. The van der Waals surface area contributed by atoms with Crippen LogP contribution < -0.4 is 5.32 Å². The van der Waals surface area contributed by atoms with Gasteiger partial charge in [0.25, 0.3) is 0 Å². The van der Waals surface area contributed by atoms with Crippen LogP contribution in [0.2, 0.25) is 0 Å². The van der Waals surface area contributed by atoms with Crippen molar-refractivity contribution in [1.29, 1.82) is 0 Å². The average molecular weight is 333 g/mol. The molecule has 22 heavy (non-hydrogen) atoms. The Morgan fingerprint density at radius 3 is 2.86 bits per heavy atom. The number of hydrogen-bond acceptors (Lipinski definition) is 4. The van der Waals surface area contributed by atoms with Crippen LogP contribution in [0.5, 0.6) is 0 Å². The lowest BCUT2D eigenvalue weighted by Gasteiger charge is -2.21. The molecule has 0 aromatic carbocycles. The number of aromatic nitrogens is 2. The number of carbonyl (C=O) groups excluding carboxylic acids is 1. The third-order valence-corrected chi connectivity index (χ3v) is 4.58. The van der Waals surface area contributed by atoms with Crippen LogP contribution in [0.25, 0.3) is 4.83 Å². The van der Waals surface area contributed by atoms with E-state index < -0.39 is 11.9 Å². The van der Waals surface area contributed by atoms with Crippen LogP contribution in [0.3, 0.4) is 0 Å². The van der Waals surface area contributed by atoms with Gasteiger partial charge in [-0.25, -0.2) is 4.98 Å². The van der Waals surface area contributed by atoms with Crippen molar-refractivity contribution >= 4 is 27.9 Å². The predicted molar refractivity (Wildman–Crippen MR) is 74.9 cm³/mol. The van der Waals surface area contributed by atoms with Crippen molar-refractivity contribution in [2.75, 3.05) is 18.5 Å². The van der Waals surface area contributed by atoms with Crippen molar-refractivity contribution < 1.29 is 22.7 Å². The van der Waals surface area contributed by atoms with Crippen molar-refractivity contribution in [1.82, 2.24) is 9.38 Å². The molecule has 1 aliphatic heterocycles. The van der Waals surface area contributed by atoms with Gasteiger partial charge in [-0.3, -0.25) is 9.20 Å². The van der Waals surface area contributed by atoms with Gasteiger partial charge in [0, 0.05) is 25.0 Å². The van der Waals surface area contributed by atoms with Crippen molar-refractivity contribution in [2.24, 2.45) is 5.92 Å². The zero-order chi connectivity index (χ0) is 15.7. The monoisotopic (exact) mass is 333 g/mol. The quantitative estimate of drug-likeness (QED) is 0.939. The summed E-state index contributed by atoms with van der Waals surface area (Å²) in [5.41, 5.74) is -0.787. The summed E-state index contributed by atoms with van der Waals surface area (Å²) in [6.07, 6.45) is -1.38. The zero-order valence-electron chi connectivity index (χ0n) is 11.5. The largest absolute Gasteiger partial charge is 0.432 e. The molecule has 2 aromatic heterocycles. The normalized spacial score (nSPS) is 17.0. The van der Waals surface area contributed by atoms with Crippen molar-refractivity contribution in [2.45, 2.75) is 25.4 Å². The first-order valence-corrected chi connectivity index (χ1v) is 7.72. The molecule has 2 aromatic rings. The maximum Gasteiger partial charge on any atom is 0.432 e. The van der Waals surface area contributed by atoms with Crippen molar-refractivity contribution in [3.05, 3.63) is 17.4 Å². The Morgan fingerprint density at radius 2 is 2.18 bits per heavy atom. The summed E-state index contributed by atoms with van der Waals surface area (Å²) >= 11 is 0.908. The fourth-order valence-corrected chi connectivity index (χ4v) is 3.42. The molecule has 0 saturated carbocycles. The predicted octanol–water partition coefficient (Wildman–Crippen LogP) is 3.17. The molecule has 0 aliphatic carbocycles. The maximum atomic E-state index is 12.8. The second kappa shape index (κ2) is 5.88. The fourth-order valence-electron chi connectivity index (χ4n) is 2.47. The number of alkyl halides is 3. The Kier molecular flexibility index (Phi) is 4.09. The van der Waals surface area contributed by atoms with E-state index in [4.69, 9.17) is 4.74 Å². The van der Waals surface area contributed by atoms with Crippen molar-refractivity contribution in [3.8, 4) is 0 Å². The molecule has 1 fully saturated rings. The van der Waals surface area contributed by atoms with Gasteiger partial charge < -0.3 is 10.1 Å². The van der Waals surface area contributed by atoms with E-state index >= 15 is 0 Å². The second-order valence-corrected chi connectivity index (χ2v) is 6.05. The summed E-state index contributed by atoms with van der Waals surface area (Å²) in [6.45, 7) is 1.29. The van der Waals surface area contributed by atoms with Crippen LogP contribution in [-0.4, -0.2) is 28.5 Å². The van der Waals surface area contributed by atoms with Gasteiger partial charge in [-0.2, -0.15) is 13.2 Å². The van der Waals surface area contributed by atoms with Crippen LogP contribution in [0.4, 0.5) is 19.0 Å². The first-order chi connectivity index (χ1) is 10.4. The number of fused-ring (bicyclic) bond motifs is 1. The van der Waals surface area contributed by atoms with Gasteiger partial charge in [-0.15, -0.1) is 11.3 Å². The van der Waals surface area contributed by atoms with E-state index in [-0.39, 0.29) is 22.5 Å². The minimum absolute atomic E-state index is 0.178. The fraction of sp³-hybridized carbons (Fsp3) is 0.538. The molecule has 3 rings (SSSR count). The molecule has 0 radical (unpaired) electrons. The number of halogens is 3. The standard InChI is InChI=1S/C13H14F3N3O2S/c14-13(15,16)9-6-22-12-11(17-7-19(9)12)18-10(20)5-8-1-3-21-4-2-8/h6-8H,1-5H2,(H,18,20). The lowest BCUT2D eigenvalue weighted by molar-refractivity contribution is -0.141. The van der Waals surface area contributed by atoms with E-state index in [0.29, 0.717) is 19.6 Å². The van der Waals surface area contributed by atoms with Gasteiger partial charge >= 0.3 is 6.18 Å². The summed E-state index contributed by atoms with van der Waals surface area (Å²) in [6, 6.07) is 0. The first kappa shape index (κ1) is 15.3. The van der Waals surface area contributed by atoms with Crippen LogP contribution in [0.1, 0.15) is 25.0 Å². The Labute approximate surface area is 128 Å². The van der Waals surface area contributed by atoms with Gasteiger partial charge in [-0.1, -0.05) is 0 Å². The summed E-state index contributed by atoms with van der Waals surface area (Å²) in [7, 11) is 0. The molecule has 1 N–H and O–H groups in total. The summed E-state index contributed by atoms with van der Waals surface area (Å²) < 4.78 is 44.6. The molecule has 0 spiro atoms. The number of nitrogens with zero attached hydrogens (tertiary/aromatic N) is 2. The topological polar surface area (TPSA) is 55.6 Å². The number of nitrogens with one attached hydrogen (secondary N) is 1. The lowest BCUT2D eigenvalue weighted by Crippen LogP contribution is -2.22. The molecule has 1 amide bonds. The molecule has 0 unspecified atom stereocenters. The molecule has 9 heteroatoms. The lowest BCUT2D eigenvalue weighted by atomic mass is 9.96. The molecule has 0 bridgehead atoms. The minimum Gasteiger partial charge on any atom is -0.381 e. The number of carbonyl (C=O) groups is 1. The minimum atomic E-state index is -4.44. The molecule has 5 nitrogen and oxygen atoms in total. The molecular weight excluding hydrogens is 319 g/mol. The van der Waals surface area contributed by atoms with Crippen LogP contribution >= 0.6 is 11.3 Å². The van der Waals surface area contributed by atoms with Gasteiger partial charge in [0.05, 0.1) is 0 Å². The Hall–Kier alpha value is -1.61. The Bertz CT molecular complexity index is 674. The van der Waals surface area contributed by atoms with Gasteiger partial charge in [0.1, 0.15) is 16.9 Å². The van der Waals surface area contributed by atoms with Crippen molar-refractivity contribution in [3.63, 3.8) is 0 Å². The van der Waals surface area contributed by atoms with Crippen LogP contribution in [0.15, 0.2) is 11.7 Å². The molecule has 1 saturated heterocycles. The highest BCUT2D eigenvalue weighted by Gasteiger charge is 2.35. The van der Waals surface area contributed by atoms with E-state index in [0.717, 1.165) is 40.3 Å². The number of thiazole rings is 1. The number of rotatable bonds is 3. The highest BCUT2D eigenvalue weighted by molar-refractivity contribution is 7.16. The van der Waals surface area contributed by atoms with Crippen LogP contribution in [-0.2, 0) is 15.7 Å². The average Bonchev–Trinajstić information content (AvgIpc) is 3.02. The molecule has 1 aliphatic rings. The first-order valence-electron chi connectivity index (χ1n) is 6.84. The summed E-state index contributed by atoms with van der Waals surface area (Å²) in [4.78, 5) is 16.2. The highest BCUT2D eigenvalue weighted by atomic mass is 32.1. The smallest absolute Gasteiger partial charge is 0.381 e. The zero-order valence-corrected chi connectivity index (χ0v) is 12.3. The van der Waals surface area contributed by atoms with Gasteiger partial charge in [0.15, 0.2) is 5.82 Å². The van der Waals surface area contributed by atoms with E-state index in [2.05, 4.69) is 10.3 Å². The number of hydrogen-bond donors (Lipinski definition) is 1. The van der Waals surface area contributed by atoms with E-state index in [1.165, 1.54) is 0 Å². The third kappa shape index (κ3) is 3.09. The summed E-state index contributed by atoms with van der Waals surface area (Å²) in [5, 5.41) is 3.63. The molecule has 3 heterocycles. The molecular formula is C13H14F3N3O2S. The second-order valence-electron chi connectivity index (χ2n) is 5.20. The molecule has 120 valence electrons. The SMILES string of the molecule is O=C(CC1CCOCC1)Nc1ncn2c(C(F)(F)F)csc12. The molecule has 0 atom stereocenters. The Balaban J connectivity index is 1.71. The number of anilines is 1. The third-order valence-electron chi connectivity index (χ3n) is 3.63. The maximum absolute atomic E-state index is 12.8. The van der Waals surface area contributed by atoms with E-state index in [1.807, 2.05) is 0 Å². The van der Waals surface area contributed by atoms with E-state index in [1.54, 1.807) is 0 Å². The highest BCUT2D eigenvalue weighted by Crippen LogP contribution is 2.35. The summed E-state index contributed by atoms with van der Waals surface area (Å²) in [5.74, 6) is 0.202. The Morgan fingerprint density at radius 1 is 1.45 bits per heavy atom. The van der Waals surface area contributed by atoms with Gasteiger partial charge in [0.2, 0.25) is 5.91 Å². The van der Waals surface area contributed by atoms with Gasteiger partial charge in [-0.05, 0) is 18.8 Å². The number of amides is 1. The van der Waals surface area contributed by atoms with Crippen LogP contribution in [0, 0.1) is 5.92 Å².